The Labute approximate surface area is 360 Å². The molecule has 0 saturated carbocycles. The number of benzene rings is 1. The fourth-order valence-corrected chi connectivity index (χ4v) is 6.08. The zero-order valence-corrected chi connectivity index (χ0v) is 36.3. The number of aliphatic carboxylic acids is 1. The first-order valence-corrected chi connectivity index (χ1v) is 21.7. The highest BCUT2D eigenvalue weighted by atomic mass is 16.5. The highest BCUT2D eigenvalue weighted by Crippen LogP contribution is 2.17. The number of rotatable bonds is 42. The molecule has 1 aromatic carbocycles. The first kappa shape index (κ1) is 54.7. The maximum absolute atomic E-state index is 12.4. The standard InChI is InChI=1S/C44H71N3O14/c1-34(48)40(45-2)15-9-10-22-46-42(52)33-60-30-27-57-24-12-14-38(50)32-59-29-28-58-26-23-47-41(51)21-18-36(44(55)56)31-37(49)13-8-6-4-3-5-7-11-25-61-39-19-16-35(17-20-39)43(53)54/h16-17,19-20,36,40,45H,3-15,18,21-33H2,1-2H3,(H,46,52)(H,47,51)(H,53,54)(H,55,56)/t36-,40+/m1/s1. The van der Waals surface area contributed by atoms with Gasteiger partial charge in [-0.3, -0.25) is 28.8 Å². The van der Waals surface area contributed by atoms with Gasteiger partial charge in [0, 0.05) is 45.4 Å². The summed E-state index contributed by atoms with van der Waals surface area (Å²) in [6.45, 7) is 4.35. The molecule has 0 radical (unpaired) electrons. The second kappa shape index (κ2) is 36.4. The molecule has 346 valence electrons. The molecule has 0 aliphatic heterocycles. The Bertz CT molecular complexity index is 1410. The summed E-state index contributed by atoms with van der Waals surface area (Å²) >= 11 is 0. The molecule has 0 unspecified atom stereocenters. The third-order valence-corrected chi connectivity index (χ3v) is 9.65. The maximum Gasteiger partial charge on any atom is 0.335 e. The molecule has 0 spiro atoms. The lowest BCUT2D eigenvalue weighted by Gasteiger charge is -2.12. The number of nitrogens with one attached hydrogen (secondary N) is 3. The van der Waals surface area contributed by atoms with E-state index in [0.29, 0.717) is 57.8 Å². The number of aromatic carboxylic acids is 1. The van der Waals surface area contributed by atoms with Crippen molar-refractivity contribution in [1.29, 1.82) is 0 Å². The molecule has 2 atom stereocenters. The van der Waals surface area contributed by atoms with Gasteiger partial charge in [0.25, 0.3) is 0 Å². The zero-order valence-electron chi connectivity index (χ0n) is 36.3. The van der Waals surface area contributed by atoms with E-state index in [0.717, 1.165) is 57.8 Å². The van der Waals surface area contributed by atoms with Gasteiger partial charge in [0.2, 0.25) is 11.8 Å². The lowest BCUT2D eigenvalue weighted by molar-refractivity contribution is -0.144. The fourth-order valence-electron chi connectivity index (χ4n) is 6.08. The van der Waals surface area contributed by atoms with E-state index in [9.17, 15) is 38.7 Å². The Hall–Kier alpha value is -4.29. The van der Waals surface area contributed by atoms with Gasteiger partial charge in [-0.2, -0.15) is 0 Å². The molecule has 0 fully saturated rings. The second-order valence-electron chi connectivity index (χ2n) is 14.8. The van der Waals surface area contributed by atoms with Crippen LogP contribution in [-0.4, -0.2) is 137 Å². The van der Waals surface area contributed by atoms with E-state index < -0.39 is 17.9 Å². The van der Waals surface area contributed by atoms with Crippen molar-refractivity contribution in [3.05, 3.63) is 29.8 Å². The number of amides is 2. The van der Waals surface area contributed by atoms with Crippen molar-refractivity contribution in [2.45, 2.75) is 116 Å². The number of carboxylic acid groups (broad SMARTS) is 2. The van der Waals surface area contributed by atoms with Crippen LogP contribution in [0, 0.1) is 5.92 Å². The first-order chi connectivity index (χ1) is 29.4. The minimum Gasteiger partial charge on any atom is -0.494 e. The molecule has 0 aromatic heterocycles. The molecular formula is C44H71N3O14. The van der Waals surface area contributed by atoms with Gasteiger partial charge < -0.3 is 49.8 Å². The van der Waals surface area contributed by atoms with Gasteiger partial charge in [-0.05, 0) is 83.2 Å². The minimum absolute atomic E-state index is 0.0146. The number of carboxylic acids is 2. The minimum atomic E-state index is -1.09. The number of carbonyl (C=O) groups excluding carboxylic acids is 5. The summed E-state index contributed by atoms with van der Waals surface area (Å²) in [5.74, 6) is -2.94. The number of carbonyl (C=O) groups is 7. The summed E-state index contributed by atoms with van der Waals surface area (Å²) in [5, 5.41) is 27.0. The van der Waals surface area contributed by atoms with Gasteiger partial charge in [0.1, 0.15) is 30.5 Å². The third kappa shape index (κ3) is 31.3. The number of Topliss-reactive ketones (excluding diaryl/α,β-unsaturated/α-hetero) is 3. The highest BCUT2D eigenvalue weighted by molar-refractivity contribution is 5.87. The molecule has 2 amide bonds. The van der Waals surface area contributed by atoms with Crippen molar-refractivity contribution >= 4 is 41.1 Å². The average molecular weight is 866 g/mol. The fraction of sp³-hybridized carbons (Fsp3) is 0.705. The molecule has 0 aliphatic rings. The molecule has 0 heterocycles. The molecule has 0 saturated heterocycles. The monoisotopic (exact) mass is 865 g/mol. The van der Waals surface area contributed by atoms with E-state index in [4.69, 9.17) is 28.8 Å². The average Bonchev–Trinajstić information content (AvgIpc) is 3.23. The van der Waals surface area contributed by atoms with Gasteiger partial charge in [0.05, 0.1) is 57.2 Å². The van der Waals surface area contributed by atoms with Crippen LogP contribution in [-0.2, 0) is 47.7 Å². The van der Waals surface area contributed by atoms with Crippen LogP contribution >= 0.6 is 0 Å². The number of likely N-dealkylation sites (N-methyl/N-ethyl adjacent to an activating group) is 1. The molecule has 17 heteroatoms. The summed E-state index contributed by atoms with van der Waals surface area (Å²) in [4.78, 5) is 82.5. The Morgan fingerprint density at radius 3 is 1.84 bits per heavy atom. The van der Waals surface area contributed by atoms with Gasteiger partial charge in [-0.1, -0.05) is 32.1 Å². The Kier molecular flexibility index (Phi) is 32.6. The van der Waals surface area contributed by atoms with Gasteiger partial charge in [-0.25, -0.2) is 4.79 Å². The van der Waals surface area contributed by atoms with Gasteiger partial charge >= 0.3 is 11.9 Å². The van der Waals surface area contributed by atoms with Crippen LogP contribution in [0.1, 0.15) is 120 Å². The van der Waals surface area contributed by atoms with E-state index in [1.54, 1.807) is 26.1 Å². The summed E-state index contributed by atoms with van der Waals surface area (Å²) in [5.41, 5.74) is 0.219. The zero-order chi connectivity index (χ0) is 44.9. The Balaban J connectivity index is 1.93. The molecule has 61 heavy (non-hydrogen) atoms. The Morgan fingerprint density at radius 2 is 1.18 bits per heavy atom. The topological polar surface area (TPSA) is 242 Å². The van der Waals surface area contributed by atoms with E-state index in [1.165, 1.54) is 12.1 Å². The molecular weight excluding hydrogens is 794 g/mol. The van der Waals surface area contributed by atoms with Crippen molar-refractivity contribution in [1.82, 2.24) is 16.0 Å². The van der Waals surface area contributed by atoms with E-state index in [-0.39, 0.29) is 106 Å². The number of hydrogen-bond donors (Lipinski definition) is 5. The van der Waals surface area contributed by atoms with Gasteiger partial charge in [0.15, 0.2) is 5.78 Å². The number of ether oxygens (including phenoxy) is 5. The normalized spacial score (nSPS) is 12.0. The molecule has 0 aliphatic carbocycles. The summed E-state index contributed by atoms with van der Waals surface area (Å²) < 4.78 is 27.2. The predicted molar refractivity (Wildman–Crippen MR) is 227 cm³/mol. The first-order valence-electron chi connectivity index (χ1n) is 21.7. The van der Waals surface area contributed by atoms with Crippen LogP contribution in [0.5, 0.6) is 5.75 Å². The molecule has 17 nitrogen and oxygen atoms in total. The quantitative estimate of drug-likeness (QED) is 0.0575. The van der Waals surface area contributed by atoms with E-state index >= 15 is 0 Å². The summed E-state index contributed by atoms with van der Waals surface area (Å²) in [6, 6.07) is 6.17. The lowest BCUT2D eigenvalue weighted by atomic mass is 9.94. The lowest BCUT2D eigenvalue weighted by Crippen LogP contribution is -2.32. The van der Waals surface area contributed by atoms with Crippen LogP contribution < -0.4 is 20.7 Å². The number of ketones is 3. The predicted octanol–water partition coefficient (Wildman–Crippen LogP) is 4.32. The van der Waals surface area contributed by atoms with Crippen LogP contribution in [0.2, 0.25) is 0 Å². The largest absolute Gasteiger partial charge is 0.494 e. The summed E-state index contributed by atoms with van der Waals surface area (Å²) in [7, 11) is 1.76. The molecule has 1 rings (SSSR count). The van der Waals surface area contributed by atoms with Crippen LogP contribution in [0.15, 0.2) is 24.3 Å². The molecule has 5 N–H and O–H groups in total. The SMILES string of the molecule is CN[C@@H](CCCCNC(=O)COCCOCCCC(=O)COCCOCCNC(=O)CC[C@H](CC(=O)CCCCCCCCCOc1ccc(C(=O)O)cc1)C(=O)O)C(C)=O. The van der Waals surface area contributed by atoms with Crippen molar-refractivity contribution in [3.8, 4) is 5.75 Å². The second-order valence-corrected chi connectivity index (χ2v) is 14.8. The van der Waals surface area contributed by atoms with Crippen molar-refractivity contribution in [2.75, 3.05) is 79.6 Å². The molecule has 0 bridgehead atoms. The highest BCUT2D eigenvalue weighted by Gasteiger charge is 2.22. The Morgan fingerprint density at radius 1 is 0.574 bits per heavy atom. The van der Waals surface area contributed by atoms with Crippen molar-refractivity contribution < 1.29 is 67.5 Å². The van der Waals surface area contributed by atoms with E-state index in [1.807, 2.05) is 0 Å². The number of unbranched alkanes of at least 4 members (excludes halogenated alkanes) is 7. The van der Waals surface area contributed by atoms with Crippen molar-refractivity contribution in [3.63, 3.8) is 0 Å². The summed E-state index contributed by atoms with van der Waals surface area (Å²) in [6.07, 6.45) is 9.97. The van der Waals surface area contributed by atoms with E-state index in [2.05, 4.69) is 16.0 Å². The van der Waals surface area contributed by atoms with Crippen molar-refractivity contribution in [2.24, 2.45) is 5.92 Å². The van der Waals surface area contributed by atoms with Crippen LogP contribution in [0.25, 0.3) is 0 Å². The van der Waals surface area contributed by atoms with Crippen LogP contribution in [0.3, 0.4) is 0 Å². The number of hydrogen-bond acceptors (Lipinski definition) is 13. The van der Waals surface area contributed by atoms with Crippen LogP contribution in [0.4, 0.5) is 0 Å². The third-order valence-electron chi connectivity index (χ3n) is 9.65. The van der Waals surface area contributed by atoms with Gasteiger partial charge in [-0.15, -0.1) is 0 Å². The molecule has 1 aromatic rings. The maximum atomic E-state index is 12.4. The smallest absolute Gasteiger partial charge is 0.335 e.